The van der Waals surface area contributed by atoms with Crippen molar-refractivity contribution in [3.63, 3.8) is 0 Å². The Morgan fingerprint density at radius 1 is 1.12 bits per heavy atom. The van der Waals surface area contributed by atoms with Gasteiger partial charge in [0.1, 0.15) is 11.5 Å². The molecular weight excluding hydrogens is 460 g/mol. The number of allylic oxidation sites excluding steroid dienone is 1. The molecule has 2 aromatic carbocycles. The second kappa shape index (κ2) is 7.20. The fourth-order valence-electron chi connectivity index (χ4n) is 3.86. The Kier molecular flexibility index (Phi) is 5.31. The first-order chi connectivity index (χ1) is 12.3. The molecule has 0 unspecified atom stereocenters. The second-order valence-corrected chi connectivity index (χ2v) is 9.94. The van der Waals surface area contributed by atoms with Crippen LogP contribution in [0.15, 0.2) is 64.1 Å². The molecule has 0 saturated heterocycles. The lowest BCUT2D eigenvalue weighted by Crippen LogP contribution is -2.24. The largest absolute Gasteiger partial charge is 0.481 e. The van der Waals surface area contributed by atoms with Gasteiger partial charge < -0.3 is 9.84 Å². The Labute approximate surface area is 170 Å². The summed E-state index contributed by atoms with van der Waals surface area (Å²) in [5.41, 5.74) is -0.205. The van der Waals surface area contributed by atoms with Crippen molar-refractivity contribution < 1.29 is 14.6 Å². The van der Waals surface area contributed by atoms with Crippen LogP contribution < -0.4 is 4.74 Å². The molecule has 5 heteroatoms. The van der Waals surface area contributed by atoms with E-state index < -0.39 is 11.4 Å². The van der Waals surface area contributed by atoms with Crippen molar-refractivity contribution in [3.8, 4) is 11.5 Å². The van der Waals surface area contributed by atoms with Gasteiger partial charge in [-0.05, 0) is 73.5 Å². The third kappa shape index (κ3) is 3.47. The van der Waals surface area contributed by atoms with E-state index in [4.69, 9.17) is 4.74 Å². The summed E-state index contributed by atoms with van der Waals surface area (Å²) in [7, 11) is 0. The van der Waals surface area contributed by atoms with Crippen molar-refractivity contribution in [3.05, 3.63) is 69.6 Å². The summed E-state index contributed by atoms with van der Waals surface area (Å²) in [6.07, 6.45) is 2.40. The van der Waals surface area contributed by atoms with Crippen LogP contribution in [0.4, 0.5) is 0 Å². The molecule has 3 rings (SSSR count). The van der Waals surface area contributed by atoms with Gasteiger partial charge in [-0.15, -0.1) is 0 Å². The van der Waals surface area contributed by atoms with Gasteiger partial charge in [-0.3, -0.25) is 4.79 Å². The molecular formula is C21H20Br2O3. The van der Waals surface area contributed by atoms with E-state index >= 15 is 0 Å². The Morgan fingerprint density at radius 2 is 1.77 bits per heavy atom. The summed E-state index contributed by atoms with van der Waals surface area (Å²) in [5, 5.41) is 10.00. The second-order valence-electron chi connectivity index (χ2n) is 7.17. The molecule has 136 valence electrons. The van der Waals surface area contributed by atoms with Gasteiger partial charge in [-0.2, -0.15) is 0 Å². The van der Waals surface area contributed by atoms with Crippen molar-refractivity contribution in [1.82, 2.24) is 0 Å². The van der Waals surface area contributed by atoms with Gasteiger partial charge >= 0.3 is 5.97 Å². The number of benzene rings is 2. The van der Waals surface area contributed by atoms with Crippen LogP contribution in [-0.4, -0.2) is 11.1 Å². The van der Waals surface area contributed by atoms with Crippen molar-refractivity contribution in [2.75, 3.05) is 0 Å². The molecule has 0 heterocycles. The first-order valence-electron chi connectivity index (χ1n) is 8.35. The molecule has 0 aliphatic heterocycles. The smallest absolute Gasteiger partial charge is 0.311 e. The lowest BCUT2D eigenvalue weighted by molar-refractivity contribution is -0.145. The molecule has 0 bridgehead atoms. The molecule has 2 aromatic rings. The maximum atomic E-state index is 12.2. The summed E-state index contributed by atoms with van der Waals surface area (Å²) < 4.78 is 6.67. The van der Waals surface area contributed by atoms with E-state index in [1.54, 1.807) is 0 Å². The maximum absolute atomic E-state index is 12.2. The number of aliphatic carboxylic acids is 1. The summed E-state index contributed by atoms with van der Waals surface area (Å²) in [6.45, 7) is 4.02. The van der Waals surface area contributed by atoms with E-state index in [9.17, 15) is 9.90 Å². The van der Waals surface area contributed by atoms with Crippen LogP contribution in [0.3, 0.4) is 0 Å². The number of carbonyl (C=O) groups is 1. The lowest BCUT2D eigenvalue weighted by atomic mass is 9.88. The normalized spacial score (nSPS) is 23.2. The number of halogens is 2. The number of carboxylic acids is 1. The zero-order valence-electron chi connectivity index (χ0n) is 14.6. The highest BCUT2D eigenvalue weighted by atomic mass is 79.9. The quantitative estimate of drug-likeness (QED) is 0.522. The SMILES string of the molecule is CC1(C)[C@H](C=C(Br)Br)[C@@]1(Cc1cccc(Oc2ccccc2)c1)C(=O)O. The van der Waals surface area contributed by atoms with E-state index in [-0.39, 0.29) is 11.3 Å². The Morgan fingerprint density at radius 3 is 2.38 bits per heavy atom. The number of carboxylic acid groups (broad SMARTS) is 1. The molecule has 1 aliphatic rings. The van der Waals surface area contributed by atoms with Crippen LogP contribution >= 0.6 is 31.9 Å². The minimum atomic E-state index is -0.828. The minimum Gasteiger partial charge on any atom is -0.481 e. The predicted octanol–water partition coefficient (Wildman–Crippen LogP) is 6.38. The average Bonchev–Trinajstić information content (AvgIpc) is 3.03. The van der Waals surface area contributed by atoms with Crippen LogP contribution in [-0.2, 0) is 11.2 Å². The number of para-hydroxylation sites is 1. The number of ether oxygens (including phenoxy) is 1. The highest BCUT2D eigenvalue weighted by Crippen LogP contribution is 2.71. The molecule has 1 N–H and O–H groups in total. The Hall–Kier alpha value is -1.59. The van der Waals surface area contributed by atoms with E-state index in [0.29, 0.717) is 12.2 Å². The van der Waals surface area contributed by atoms with Crippen molar-refractivity contribution in [2.45, 2.75) is 20.3 Å². The summed E-state index contributed by atoms with van der Waals surface area (Å²) in [5.74, 6) is 0.647. The third-order valence-corrected chi connectivity index (χ3v) is 5.94. The fourth-order valence-corrected chi connectivity index (χ4v) is 4.39. The van der Waals surface area contributed by atoms with Gasteiger partial charge in [0.2, 0.25) is 0 Å². The van der Waals surface area contributed by atoms with Gasteiger partial charge in [0.05, 0.1) is 8.81 Å². The molecule has 0 amide bonds. The highest BCUT2D eigenvalue weighted by molar-refractivity contribution is 9.28. The Balaban J connectivity index is 1.87. The van der Waals surface area contributed by atoms with Crippen LogP contribution in [0, 0.1) is 16.7 Å². The van der Waals surface area contributed by atoms with Gasteiger partial charge in [0, 0.05) is 5.92 Å². The van der Waals surface area contributed by atoms with E-state index in [1.807, 2.05) is 74.5 Å². The molecule has 1 aliphatic carbocycles. The third-order valence-electron chi connectivity index (χ3n) is 5.41. The predicted molar refractivity (Wildman–Crippen MR) is 110 cm³/mol. The van der Waals surface area contributed by atoms with Crippen LogP contribution in [0.25, 0.3) is 0 Å². The molecule has 0 radical (unpaired) electrons. The van der Waals surface area contributed by atoms with Crippen molar-refractivity contribution >= 4 is 37.8 Å². The standard InChI is InChI=1S/C21H20Br2O3/c1-20(2)17(12-18(22)23)21(20,19(24)25)13-14-7-6-10-16(11-14)26-15-8-4-3-5-9-15/h3-12,17H,13H2,1-2H3,(H,24,25)/t17-,21-/m0/s1. The van der Waals surface area contributed by atoms with Crippen molar-refractivity contribution in [2.24, 2.45) is 16.7 Å². The first kappa shape index (κ1) is 19.2. The lowest BCUT2D eigenvalue weighted by Gasteiger charge is -2.16. The van der Waals surface area contributed by atoms with Gasteiger partial charge in [-0.25, -0.2) is 0 Å². The monoisotopic (exact) mass is 478 g/mol. The summed E-state index contributed by atoms with van der Waals surface area (Å²) >= 11 is 6.73. The minimum absolute atomic E-state index is 0.0556. The van der Waals surface area contributed by atoms with E-state index in [2.05, 4.69) is 31.9 Å². The molecule has 2 atom stereocenters. The number of hydrogen-bond acceptors (Lipinski definition) is 2. The molecule has 1 fully saturated rings. The average molecular weight is 480 g/mol. The van der Waals surface area contributed by atoms with Crippen molar-refractivity contribution in [1.29, 1.82) is 0 Å². The molecule has 1 saturated carbocycles. The van der Waals surface area contributed by atoms with Gasteiger partial charge in [0.15, 0.2) is 0 Å². The number of rotatable bonds is 6. The van der Waals surface area contributed by atoms with Crippen LogP contribution in [0.1, 0.15) is 19.4 Å². The molecule has 0 spiro atoms. The van der Waals surface area contributed by atoms with Gasteiger partial charge in [-0.1, -0.05) is 50.3 Å². The van der Waals surface area contributed by atoms with Gasteiger partial charge in [0.25, 0.3) is 0 Å². The van der Waals surface area contributed by atoms with Crippen LogP contribution in [0.2, 0.25) is 0 Å². The molecule has 3 nitrogen and oxygen atoms in total. The zero-order valence-corrected chi connectivity index (χ0v) is 17.7. The zero-order chi connectivity index (χ0) is 18.9. The molecule has 26 heavy (non-hydrogen) atoms. The fraction of sp³-hybridized carbons (Fsp3) is 0.286. The first-order valence-corrected chi connectivity index (χ1v) is 9.94. The number of hydrogen-bond donors (Lipinski definition) is 1. The topological polar surface area (TPSA) is 46.5 Å². The summed E-state index contributed by atoms with van der Waals surface area (Å²) in [6, 6.07) is 17.2. The Bertz CT molecular complexity index is 841. The van der Waals surface area contributed by atoms with E-state index in [0.717, 1.165) is 14.7 Å². The summed E-state index contributed by atoms with van der Waals surface area (Å²) in [4.78, 5) is 12.2. The molecule has 0 aromatic heterocycles. The maximum Gasteiger partial charge on any atom is 0.311 e. The van der Waals surface area contributed by atoms with E-state index in [1.165, 1.54) is 0 Å². The van der Waals surface area contributed by atoms with Crippen LogP contribution in [0.5, 0.6) is 11.5 Å². The highest BCUT2D eigenvalue weighted by Gasteiger charge is 2.74.